The van der Waals surface area contributed by atoms with Gasteiger partial charge in [0.2, 0.25) is 5.91 Å². The summed E-state index contributed by atoms with van der Waals surface area (Å²) in [4.78, 5) is 29.9. The van der Waals surface area contributed by atoms with Gasteiger partial charge in [0.1, 0.15) is 17.9 Å². The van der Waals surface area contributed by atoms with Gasteiger partial charge in [0.15, 0.2) is 0 Å². The molecule has 1 atom stereocenters. The first-order valence-electron chi connectivity index (χ1n) is 10.1. The van der Waals surface area contributed by atoms with E-state index < -0.39 is 5.91 Å². The third kappa shape index (κ3) is 4.98. The van der Waals surface area contributed by atoms with Crippen LogP contribution < -0.4 is 15.2 Å². The minimum absolute atomic E-state index is 0.0939. The molecule has 0 radical (unpaired) electrons. The van der Waals surface area contributed by atoms with Crippen LogP contribution in [0.15, 0.2) is 24.4 Å². The van der Waals surface area contributed by atoms with Crippen molar-refractivity contribution in [1.82, 2.24) is 9.88 Å². The Kier molecular flexibility index (Phi) is 6.72. The van der Waals surface area contributed by atoms with Crippen LogP contribution in [0, 0.1) is 17.2 Å². The van der Waals surface area contributed by atoms with Crippen molar-refractivity contribution in [2.45, 2.75) is 39.2 Å². The molecule has 158 valence electrons. The predicted molar refractivity (Wildman–Crippen MR) is 111 cm³/mol. The van der Waals surface area contributed by atoms with E-state index in [0.29, 0.717) is 36.7 Å². The highest BCUT2D eigenvalue weighted by Gasteiger charge is 2.24. The van der Waals surface area contributed by atoms with Gasteiger partial charge < -0.3 is 20.1 Å². The van der Waals surface area contributed by atoms with Crippen LogP contribution in [-0.4, -0.2) is 47.5 Å². The van der Waals surface area contributed by atoms with E-state index in [1.165, 1.54) is 0 Å². The van der Waals surface area contributed by atoms with Crippen molar-refractivity contribution in [2.24, 2.45) is 11.7 Å². The summed E-state index contributed by atoms with van der Waals surface area (Å²) >= 11 is 0. The Morgan fingerprint density at radius 1 is 1.37 bits per heavy atom. The third-order valence-corrected chi connectivity index (χ3v) is 5.01. The van der Waals surface area contributed by atoms with Crippen molar-refractivity contribution in [1.29, 1.82) is 5.26 Å². The van der Waals surface area contributed by atoms with Crippen molar-refractivity contribution < 1.29 is 19.1 Å². The number of rotatable bonds is 7. The molecule has 8 nitrogen and oxygen atoms in total. The van der Waals surface area contributed by atoms with Gasteiger partial charge in [-0.05, 0) is 44.9 Å². The van der Waals surface area contributed by atoms with Crippen LogP contribution in [0.2, 0.25) is 0 Å². The Hall–Kier alpha value is -3.34. The summed E-state index contributed by atoms with van der Waals surface area (Å²) in [6.07, 6.45) is 3.24. The zero-order valence-corrected chi connectivity index (χ0v) is 17.3. The van der Waals surface area contributed by atoms with Crippen LogP contribution in [0.1, 0.15) is 43.5 Å². The topological polar surface area (TPSA) is 119 Å². The predicted octanol–water partition coefficient (Wildman–Crippen LogP) is 2.65. The standard InChI is InChI=1S/C22H26N4O4/c1-14(2)30-20-11-16-18(10-17(20)22(24)28)25-8-6-19(16)29-13-15-4-3-9-26(12-15)21(27)5-7-23/h6,8,10-11,14-15H,3-5,9,12-13H2,1-2H3,(H2,24,28)/t15-/m0/s1. The maximum atomic E-state index is 12.0. The van der Waals surface area contributed by atoms with Gasteiger partial charge in [-0.2, -0.15) is 5.26 Å². The molecule has 0 bridgehead atoms. The van der Waals surface area contributed by atoms with Crippen LogP contribution >= 0.6 is 0 Å². The van der Waals surface area contributed by atoms with Crippen LogP contribution in [0.3, 0.4) is 0 Å². The second kappa shape index (κ2) is 9.44. The number of primary amides is 1. The Morgan fingerprint density at radius 2 is 2.17 bits per heavy atom. The molecule has 1 fully saturated rings. The summed E-state index contributed by atoms with van der Waals surface area (Å²) in [5.41, 5.74) is 6.37. The lowest BCUT2D eigenvalue weighted by Crippen LogP contribution is -2.41. The molecule has 0 spiro atoms. The Labute approximate surface area is 175 Å². The quantitative estimate of drug-likeness (QED) is 0.749. The lowest BCUT2D eigenvalue weighted by molar-refractivity contribution is -0.132. The van der Waals surface area contributed by atoms with Crippen molar-refractivity contribution >= 4 is 22.7 Å². The van der Waals surface area contributed by atoms with Gasteiger partial charge in [0.05, 0.1) is 29.9 Å². The lowest BCUT2D eigenvalue weighted by atomic mass is 9.98. The van der Waals surface area contributed by atoms with Gasteiger partial charge in [-0.1, -0.05) is 0 Å². The second-order valence-electron chi connectivity index (χ2n) is 7.70. The number of nitriles is 1. The Balaban J connectivity index is 1.80. The fourth-order valence-corrected chi connectivity index (χ4v) is 3.63. The fourth-order valence-electron chi connectivity index (χ4n) is 3.63. The number of nitrogens with two attached hydrogens (primary N) is 1. The van der Waals surface area contributed by atoms with Gasteiger partial charge in [0.25, 0.3) is 5.91 Å². The van der Waals surface area contributed by atoms with Crippen molar-refractivity contribution in [3.63, 3.8) is 0 Å². The number of piperidine rings is 1. The number of amides is 2. The first-order chi connectivity index (χ1) is 14.4. The molecule has 0 saturated carbocycles. The zero-order chi connectivity index (χ0) is 21.7. The molecule has 30 heavy (non-hydrogen) atoms. The molecular formula is C22H26N4O4. The molecule has 2 aromatic rings. The third-order valence-electron chi connectivity index (χ3n) is 5.01. The van der Waals surface area contributed by atoms with Crippen molar-refractivity contribution in [3.05, 3.63) is 30.0 Å². The number of benzene rings is 1. The van der Waals surface area contributed by atoms with E-state index in [-0.39, 0.29) is 29.9 Å². The number of carbonyl (C=O) groups excluding carboxylic acids is 2. The molecule has 2 amide bonds. The summed E-state index contributed by atoms with van der Waals surface area (Å²) in [5.74, 6) is 0.496. The highest BCUT2D eigenvalue weighted by molar-refractivity contribution is 6.01. The number of pyridine rings is 1. The number of hydrogen-bond donors (Lipinski definition) is 1. The number of likely N-dealkylation sites (tertiary alicyclic amines) is 1. The van der Waals surface area contributed by atoms with E-state index >= 15 is 0 Å². The minimum atomic E-state index is -0.579. The molecule has 2 N–H and O–H groups in total. The molecule has 8 heteroatoms. The van der Waals surface area contributed by atoms with Gasteiger partial charge in [-0.25, -0.2) is 0 Å². The molecular weight excluding hydrogens is 384 g/mol. The average Bonchev–Trinajstić information content (AvgIpc) is 2.71. The average molecular weight is 410 g/mol. The summed E-state index contributed by atoms with van der Waals surface area (Å²) in [6, 6.07) is 7.04. The molecule has 0 aliphatic carbocycles. The van der Waals surface area contributed by atoms with Gasteiger partial charge in [0, 0.05) is 30.6 Å². The monoisotopic (exact) mass is 410 g/mol. The molecule has 2 heterocycles. The second-order valence-corrected chi connectivity index (χ2v) is 7.70. The summed E-state index contributed by atoms with van der Waals surface area (Å²) in [5, 5.41) is 9.48. The lowest BCUT2D eigenvalue weighted by Gasteiger charge is -2.32. The van der Waals surface area contributed by atoms with Crippen LogP contribution in [0.4, 0.5) is 0 Å². The van der Waals surface area contributed by atoms with Gasteiger partial charge in [-0.15, -0.1) is 0 Å². The van der Waals surface area contributed by atoms with Gasteiger partial charge >= 0.3 is 0 Å². The SMILES string of the molecule is CC(C)Oc1cc2c(OC[C@H]3CCCN(C(=O)CC#N)C3)ccnc2cc1C(N)=O. The smallest absolute Gasteiger partial charge is 0.252 e. The van der Waals surface area contributed by atoms with E-state index in [1.807, 2.05) is 19.9 Å². The van der Waals surface area contributed by atoms with E-state index in [4.69, 9.17) is 20.5 Å². The molecule has 3 rings (SSSR count). The molecule has 1 aliphatic rings. The summed E-state index contributed by atoms with van der Waals surface area (Å²) < 4.78 is 11.9. The van der Waals surface area contributed by atoms with Gasteiger partial charge in [-0.3, -0.25) is 14.6 Å². The number of carbonyl (C=O) groups is 2. The van der Waals surface area contributed by atoms with E-state index in [2.05, 4.69) is 4.98 Å². The number of nitrogens with zero attached hydrogens (tertiary/aromatic N) is 3. The fraction of sp³-hybridized carbons (Fsp3) is 0.455. The largest absolute Gasteiger partial charge is 0.492 e. The van der Waals surface area contributed by atoms with Crippen molar-refractivity contribution in [2.75, 3.05) is 19.7 Å². The molecule has 1 saturated heterocycles. The normalized spacial score (nSPS) is 16.3. The Morgan fingerprint density at radius 3 is 2.87 bits per heavy atom. The summed E-state index contributed by atoms with van der Waals surface area (Å²) in [6.45, 7) is 5.45. The Bertz CT molecular complexity index is 983. The maximum absolute atomic E-state index is 12.0. The number of ether oxygens (including phenoxy) is 2. The number of hydrogen-bond acceptors (Lipinski definition) is 6. The van der Waals surface area contributed by atoms with E-state index in [9.17, 15) is 9.59 Å². The van der Waals surface area contributed by atoms with E-state index in [0.717, 1.165) is 18.2 Å². The minimum Gasteiger partial charge on any atom is -0.492 e. The summed E-state index contributed by atoms with van der Waals surface area (Å²) in [7, 11) is 0. The first kappa shape index (κ1) is 21.4. The van der Waals surface area contributed by atoms with Crippen LogP contribution in [0.5, 0.6) is 11.5 Å². The maximum Gasteiger partial charge on any atom is 0.252 e. The highest BCUT2D eigenvalue weighted by Crippen LogP contribution is 2.32. The molecule has 1 aromatic heterocycles. The number of fused-ring (bicyclic) bond motifs is 1. The molecule has 1 aliphatic heterocycles. The van der Waals surface area contributed by atoms with Crippen molar-refractivity contribution in [3.8, 4) is 17.6 Å². The zero-order valence-electron chi connectivity index (χ0n) is 17.3. The highest BCUT2D eigenvalue weighted by atomic mass is 16.5. The number of aromatic nitrogens is 1. The van der Waals surface area contributed by atoms with E-state index in [1.54, 1.807) is 29.3 Å². The first-order valence-corrected chi connectivity index (χ1v) is 10.1. The molecule has 0 unspecified atom stereocenters. The van der Waals surface area contributed by atoms with Crippen LogP contribution in [0.25, 0.3) is 10.9 Å². The van der Waals surface area contributed by atoms with Crippen LogP contribution in [-0.2, 0) is 4.79 Å². The molecule has 1 aromatic carbocycles.